The number of hydrogen-bond donors (Lipinski definition) is 1. The topological polar surface area (TPSA) is 84.4 Å². The fourth-order valence-electron chi connectivity index (χ4n) is 3.03. The number of nitrogens with one attached hydrogen (secondary N) is 1. The molecule has 0 spiro atoms. The summed E-state index contributed by atoms with van der Waals surface area (Å²) in [6.45, 7) is 0.240. The number of amides is 2. The zero-order valence-corrected chi connectivity index (χ0v) is 17.1. The van der Waals surface area contributed by atoms with Gasteiger partial charge in [-0.25, -0.2) is 4.39 Å². The van der Waals surface area contributed by atoms with Crippen LogP contribution in [0.15, 0.2) is 48.5 Å². The number of halogens is 2. The highest BCUT2D eigenvalue weighted by Crippen LogP contribution is 2.34. The zero-order chi connectivity index (χ0) is 21.1. The molecule has 2 heterocycles. The van der Waals surface area contributed by atoms with Gasteiger partial charge in [-0.15, -0.1) is 10.2 Å². The predicted octanol–water partition coefficient (Wildman–Crippen LogP) is 3.87. The van der Waals surface area contributed by atoms with Gasteiger partial charge in [0.2, 0.25) is 11.0 Å². The Morgan fingerprint density at radius 3 is 2.67 bits per heavy atom. The van der Waals surface area contributed by atoms with Crippen molar-refractivity contribution in [2.45, 2.75) is 12.3 Å². The van der Waals surface area contributed by atoms with Gasteiger partial charge >= 0.3 is 0 Å². The van der Waals surface area contributed by atoms with Crippen LogP contribution in [-0.2, 0) is 9.59 Å². The highest BCUT2D eigenvalue weighted by Gasteiger charge is 2.34. The normalized spacial score (nSPS) is 16.0. The summed E-state index contributed by atoms with van der Waals surface area (Å²) in [6, 6.07) is 12.5. The molecule has 1 saturated heterocycles. The van der Waals surface area contributed by atoms with E-state index in [1.54, 1.807) is 41.3 Å². The number of nitrogens with zero attached hydrogens (tertiary/aromatic N) is 3. The average Bonchev–Trinajstić information content (AvgIpc) is 3.35. The highest BCUT2D eigenvalue weighted by atomic mass is 35.5. The van der Waals surface area contributed by atoms with Gasteiger partial charge in [0.05, 0.1) is 0 Å². The molecule has 30 heavy (non-hydrogen) atoms. The van der Waals surface area contributed by atoms with E-state index in [-0.39, 0.29) is 36.6 Å². The van der Waals surface area contributed by atoms with Crippen molar-refractivity contribution in [1.82, 2.24) is 10.2 Å². The van der Waals surface area contributed by atoms with E-state index in [0.29, 0.717) is 33.1 Å². The minimum Gasteiger partial charge on any atom is -0.484 e. The van der Waals surface area contributed by atoms with Crippen molar-refractivity contribution >= 4 is 45.6 Å². The van der Waals surface area contributed by atoms with Crippen molar-refractivity contribution in [3.63, 3.8) is 0 Å². The first kappa shape index (κ1) is 20.2. The summed E-state index contributed by atoms with van der Waals surface area (Å²) in [6.07, 6.45) is 0.277. The Hall–Kier alpha value is -3.04. The lowest BCUT2D eigenvalue weighted by atomic mass is 10.1. The van der Waals surface area contributed by atoms with Crippen molar-refractivity contribution in [3.05, 3.63) is 64.4 Å². The largest absolute Gasteiger partial charge is 0.484 e. The molecule has 1 fully saturated rings. The van der Waals surface area contributed by atoms with Crippen molar-refractivity contribution in [2.24, 2.45) is 0 Å². The molecule has 154 valence electrons. The molecule has 1 unspecified atom stereocenters. The summed E-state index contributed by atoms with van der Waals surface area (Å²) in [5, 5.41) is 12.3. The monoisotopic (exact) mass is 446 g/mol. The predicted molar refractivity (Wildman–Crippen MR) is 112 cm³/mol. The molecule has 1 aromatic heterocycles. The molecule has 4 rings (SSSR count). The van der Waals surface area contributed by atoms with Crippen LogP contribution in [0.4, 0.5) is 15.2 Å². The Balaban J connectivity index is 1.33. The minimum absolute atomic E-state index is 0.0660. The van der Waals surface area contributed by atoms with Crippen LogP contribution >= 0.6 is 22.9 Å². The van der Waals surface area contributed by atoms with E-state index in [1.165, 1.54) is 23.5 Å². The minimum atomic E-state index is -0.372. The smallest absolute Gasteiger partial charge is 0.264 e. The van der Waals surface area contributed by atoms with Gasteiger partial charge in [0.25, 0.3) is 5.91 Å². The quantitative estimate of drug-likeness (QED) is 0.621. The van der Waals surface area contributed by atoms with Gasteiger partial charge in [0, 0.05) is 29.6 Å². The van der Waals surface area contributed by atoms with E-state index in [0.717, 1.165) is 0 Å². The van der Waals surface area contributed by atoms with Gasteiger partial charge in [-0.05, 0) is 48.5 Å². The van der Waals surface area contributed by atoms with E-state index >= 15 is 0 Å². The molecule has 3 aromatic rings. The van der Waals surface area contributed by atoms with E-state index in [2.05, 4.69) is 15.5 Å². The molecule has 1 aliphatic heterocycles. The molecule has 0 aliphatic carbocycles. The Morgan fingerprint density at radius 1 is 1.20 bits per heavy atom. The summed E-state index contributed by atoms with van der Waals surface area (Å²) in [7, 11) is 0. The fraction of sp³-hybridized carbons (Fsp3) is 0.200. The number of ether oxygens (including phenoxy) is 1. The van der Waals surface area contributed by atoms with Gasteiger partial charge in [0.15, 0.2) is 6.61 Å². The lowest BCUT2D eigenvalue weighted by molar-refractivity contribution is -0.118. The molecule has 1 N–H and O–H groups in total. The third-order valence-corrected chi connectivity index (χ3v) is 5.74. The lowest BCUT2D eigenvalue weighted by Crippen LogP contribution is -2.24. The number of carbonyl (C=O) groups excluding carboxylic acids is 2. The molecule has 0 saturated carbocycles. The third kappa shape index (κ3) is 4.74. The SMILES string of the molecule is O=C(COc1ccc(Cl)cc1)Nc1nnc(C2CC(=O)N(c3ccc(F)cc3)C2)s1. The molecule has 0 radical (unpaired) electrons. The second-order valence-electron chi connectivity index (χ2n) is 6.62. The molecule has 1 atom stereocenters. The standard InChI is InChI=1S/C20H16ClFN4O3S/c21-13-1-7-16(8-2-13)29-11-17(27)23-20-25-24-19(30-20)12-9-18(28)26(10-12)15-5-3-14(22)4-6-15/h1-8,12H,9-11H2,(H,23,25,27). The molecule has 0 bridgehead atoms. The highest BCUT2D eigenvalue weighted by molar-refractivity contribution is 7.15. The summed E-state index contributed by atoms with van der Waals surface area (Å²) in [5.41, 5.74) is 0.640. The van der Waals surface area contributed by atoms with Gasteiger partial charge in [-0.3, -0.25) is 14.9 Å². The summed E-state index contributed by atoms with van der Waals surface area (Å²) >= 11 is 7.03. The first-order valence-corrected chi connectivity index (χ1v) is 10.2. The Labute approximate surface area is 180 Å². The maximum Gasteiger partial charge on any atom is 0.264 e. The van der Waals surface area contributed by atoms with Gasteiger partial charge in [0.1, 0.15) is 16.6 Å². The van der Waals surface area contributed by atoms with Crippen molar-refractivity contribution < 1.29 is 18.7 Å². The molecular weight excluding hydrogens is 431 g/mol. The van der Waals surface area contributed by atoms with E-state index < -0.39 is 0 Å². The van der Waals surface area contributed by atoms with Crippen LogP contribution in [-0.4, -0.2) is 35.2 Å². The number of benzene rings is 2. The Bertz CT molecular complexity index is 1060. The Kier molecular flexibility index (Phi) is 5.91. The maximum absolute atomic E-state index is 13.1. The number of anilines is 2. The molecule has 2 amide bonds. The summed E-state index contributed by atoms with van der Waals surface area (Å²) < 4.78 is 18.5. The maximum atomic E-state index is 13.1. The fourth-order valence-corrected chi connectivity index (χ4v) is 4.01. The van der Waals surface area contributed by atoms with Crippen LogP contribution in [0.5, 0.6) is 5.75 Å². The van der Waals surface area contributed by atoms with Crippen LogP contribution in [0.3, 0.4) is 0 Å². The van der Waals surface area contributed by atoms with Crippen molar-refractivity contribution in [3.8, 4) is 5.75 Å². The van der Waals surface area contributed by atoms with Crippen LogP contribution in [0.2, 0.25) is 5.02 Å². The number of carbonyl (C=O) groups is 2. The molecule has 10 heteroatoms. The van der Waals surface area contributed by atoms with Crippen molar-refractivity contribution in [1.29, 1.82) is 0 Å². The van der Waals surface area contributed by atoms with E-state index in [4.69, 9.17) is 16.3 Å². The number of hydrogen-bond acceptors (Lipinski definition) is 6. The van der Waals surface area contributed by atoms with Crippen LogP contribution in [0.25, 0.3) is 0 Å². The van der Waals surface area contributed by atoms with Gasteiger partial charge < -0.3 is 9.64 Å². The molecule has 1 aliphatic rings. The first-order valence-electron chi connectivity index (χ1n) is 9.05. The lowest BCUT2D eigenvalue weighted by Gasteiger charge is -2.16. The summed E-state index contributed by atoms with van der Waals surface area (Å²) in [4.78, 5) is 26.0. The first-order chi connectivity index (χ1) is 14.5. The second-order valence-corrected chi connectivity index (χ2v) is 8.06. The Morgan fingerprint density at radius 2 is 1.93 bits per heavy atom. The second kappa shape index (κ2) is 8.76. The van der Waals surface area contributed by atoms with Gasteiger partial charge in [-0.2, -0.15) is 0 Å². The summed E-state index contributed by atoms with van der Waals surface area (Å²) in [5.74, 6) is -0.410. The van der Waals surface area contributed by atoms with Crippen LogP contribution in [0.1, 0.15) is 17.3 Å². The average molecular weight is 447 g/mol. The van der Waals surface area contributed by atoms with Crippen molar-refractivity contribution in [2.75, 3.05) is 23.4 Å². The molecule has 7 nitrogen and oxygen atoms in total. The molecule has 2 aromatic carbocycles. The third-order valence-electron chi connectivity index (χ3n) is 4.48. The number of rotatable bonds is 6. The van der Waals surface area contributed by atoms with Crippen LogP contribution in [0, 0.1) is 5.82 Å². The zero-order valence-electron chi connectivity index (χ0n) is 15.5. The van der Waals surface area contributed by atoms with Crippen LogP contribution < -0.4 is 15.0 Å². The van der Waals surface area contributed by atoms with E-state index in [1.807, 2.05) is 0 Å². The number of aromatic nitrogens is 2. The molecular formula is C20H16ClFN4O3S. The van der Waals surface area contributed by atoms with Gasteiger partial charge in [-0.1, -0.05) is 22.9 Å². The van der Waals surface area contributed by atoms with E-state index in [9.17, 15) is 14.0 Å².